The molecule has 1 amide bonds. The minimum absolute atomic E-state index is 0.0954. The summed E-state index contributed by atoms with van der Waals surface area (Å²) in [6, 6.07) is 7.20. The number of carbonyl (C=O) groups is 1. The maximum Gasteiger partial charge on any atom is 0.255 e. The lowest BCUT2D eigenvalue weighted by Gasteiger charge is -2.07. The Labute approximate surface area is 96.1 Å². The van der Waals surface area contributed by atoms with E-state index in [4.69, 9.17) is 4.74 Å². The highest BCUT2D eigenvalue weighted by Gasteiger charge is 2.09. The number of amides is 1. The molecule has 0 fully saturated rings. The number of methoxy groups -OCH3 is 1. The summed E-state index contributed by atoms with van der Waals surface area (Å²) in [6.07, 6.45) is 4.83. The van der Waals surface area contributed by atoms with Gasteiger partial charge in [0.15, 0.2) is 0 Å². The fraction of sp³-hybridized carbons (Fsp3) is 0.308. The SMILES string of the molecule is C/C=C/CCNC(=O)c1ccccc1OC. The predicted molar refractivity (Wildman–Crippen MR) is 64.8 cm³/mol. The molecule has 0 aliphatic carbocycles. The summed E-state index contributed by atoms with van der Waals surface area (Å²) in [7, 11) is 1.56. The lowest BCUT2D eigenvalue weighted by atomic mass is 10.2. The molecule has 86 valence electrons. The van der Waals surface area contributed by atoms with Crippen LogP contribution in [0, 0.1) is 0 Å². The summed E-state index contributed by atoms with van der Waals surface area (Å²) < 4.78 is 5.12. The number of benzene rings is 1. The van der Waals surface area contributed by atoms with Crippen molar-refractivity contribution in [3.8, 4) is 5.75 Å². The Morgan fingerprint density at radius 2 is 2.19 bits per heavy atom. The molecule has 0 heterocycles. The van der Waals surface area contributed by atoms with Crippen molar-refractivity contribution >= 4 is 5.91 Å². The van der Waals surface area contributed by atoms with Crippen LogP contribution in [0.15, 0.2) is 36.4 Å². The second-order valence-corrected chi connectivity index (χ2v) is 3.31. The van der Waals surface area contributed by atoms with Crippen molar-refractivity contribution in [3.63, 3.8) is 0 Å². The van der Waals surface area contributed by atoms with Crippen LogP contribution in [0.1, 0.15) is 23.7 Å². The van der Waals surface area contributed by atoms with E-state index in [1.165, 1.54) is 0 Å². The monoisotopic (exact) mass is 219 g/mol. The summed E-state index contributed by atoms with van der Waals surface area (Å²) in [5, 5.41) is 2.84. The molecule has 0 radical (unpaired) electrons. The molecule has 16 heavy (non-hydrogen) atoms. The van der Waals surface area contributed by atoms with Crippen LogP contribution >= 0.6 is 0 Å². The average Bonchev–Trinajstić information content (AvgIpc) is 2.34. The van der Waals surface area contributed by atoms with Crippen molar-refractivity contribution in [3.05, 3.63) is 42.0 Å². The van der Waals surface area contributed by atoms with E-state index in [2.05, 4.69) is 5.32 Å². The van der Waals surface area contributed by atoms with Gasteiger partial charge in [0.1, 0.15) is 5.75 Å². The zero-order valence-electron chi connectivity index (χ0n) is 9.69. The lowest BCUT2D eigenvalue weighted by Crippen LogP contribution is -2.24. The van der Waals surface area contributed by atoms with Crippen LogP contribution in [-0.4, -0.2) is 19.6 Å². The molecule has 0 bridgehead atoms. The van der Waals surface area contributed by atoms with E-state index in [9.17, 15) is 4.79 Å². The Morgan fingerprint density at radius 3 is 2.88 bits per heavy atom. The summed E-state index contributed by atoms with van der Waals surface area (Å²) in [6.45, 7) is 2.60. The number of para-hydroxylation sites is 1. The van der Waals surface area contributed by atoms with Crippen molar-refractivity contribution in [2.75, 3.05) is 13.7 Å². The van der Waals surface area contributed by atoms with Crippen molar-refractivity contribution in [1.82, 2.24) is 5.32 Å². The van der Waals surface area contributed by atoms with Gasteiger partial charge in [0.25, 0.3) is 5.91 Å². The van der Waals surface area contributed by atoms with Gasteiger partial charge < -0.3 is 10.1 Å². The first-order chi connectivity index (χ1) is 7.79. The maximum absolute atomic E-state index is 11.8. The van der Waals surface area contributed by atoms with Crippen LogP contribution < -0.4 is 10.1 Å². The number of allylic oxidation sites excluding steroid dienone is 1. The number of hydrogen-bond donors (Lipinski definition) is 1. The molecule has 0 aromatic heterocycles. The van der Waals surface area contributed by atoms with Crippen molar-refractivity contribution in [2.45, 2.75) is 13.3 Å². The van der Waals surface area contributed by atoms with Gasteiger partial charge in [0.05, 0.1) is 12.7 Å². The standard InChI is InChI=1S/C13H17NO2/c1-3-4-7-10-14-13(15)11-8-5-6-9-12(11)16-2/h3-6,8-9H,7,10H2,1-2H3,(H,14,15)/b4-3+. The molecule has 1 N–H and O–H groups in total. The molecule has 3 heteroatoms. The van der Waals surface area contributed by atoms with E-state index in [0.717, 1.165) is 6.42 Å². The zero-order valence-corrected chi connectivity index (χ0v) is 9.69. The third-order valence-electron chi connectivity index (χ3n) is 2.18. The summed E-state index contributed by atoms with van der Waals surface area (Å²) in [5.74, 6) is 0.507. The molecule has 0 atom stereocenters. The minimum Gasteiger partial charge on any atom is -0.496 e. The second-order valence-electron chi connectivity index (χ2n) is 3.31. The van der Waals surface area contributed by atoms with Gasteiger partial charge in [-0.1, -0.05) is 24.3 Å². The number of rotatable bonds is 5. The maximum atomic E-state index is 11.8. The quantitative estimate of drug-likeness (QED) is 0.610. The first-order valence-electron chi connectivity index (χ1n) is 5.32. The molecule has 0 spiro atoms. The lowest BCUT2D eigenvalue weighted by molar-refractivity contribution is 0.0951. The zero-order chi connectivity index (χ0) is 11.8. The largest absolute Gasteiger partial charge is 0.496 e. The molecule has 0 unspecified atom stereocenters. The minimum atomic E-state index is -0.0954. The third kappa shape index (κ3) is 3.42. The smallest absolute Gasteiger partial charge is 0.255 e. The van der Waals surface area contributed by atoms with E-state index in [0.29, 0.717) is 17.9 Å². The number of nitrogens with one attached hydrogen (secondary N) is 1. The molecule has 1 rings (SSSR count). The van der Waals surface area contributed by atoms with E-state index < -0.39 is 0 Å². The Bertz CT molecular complexity index is 372. The van der Waals surface area contributed by atoms with Crippen molar-refractivity contribution < 1.29 is 9.53 Å². The Balaban J connectivity index is 2.58. The van der Waals surface area contributed by atoms with Crippen molar-refractivity contribution in [1.29, 1.82) is 0 Å². The topological polar surface area (TPSA) is 38.3 Å². The summed E-state index contributed by atoms with van der Waals surface area (Å²) in [5.41, 5.74) is 0.575. The fourth-order valence-electron chi connectivity index (χ4n) is 1.36. The number of ether oxygens (including phenoxy) is 1. The van der Waals surface area contributed by atoms with Crippen molar-refractivity contribution in [2.24, 2.45) is 0 Å². The van der Waals surface area contributed by atoms with Gasteiger partial charge in [-0.2, -0.15) is 0 Å². The van der Waals surface area contributed by atoms with Gasteiger partial charge >= 0.3 is 0 Å². The van der Waals surface area contributed by atoms with Crippen LogP contribution in [0.5, 0.6) is 5.75 Å². The molecule has 0 aliphatic rings. The molecule has 0 saturated carbocycles. The third-order valence-corrected chi connectivity index (χ3v) is 2.18. The van der Waals surface area contributed by atoms with Gasteiger partial charge in [-0.15, -0.1) is 0 Å². The van der Waals surface area contributed by atoms with Gasteiger partial charge in [0, 0.05) is 6.54 Å². The van der Waals surface area contributed by atoms with Crippen LogP contribution in [0.3, 0.4) is 0 Å². The number of hydrogen-bond acceptors (Lipinski definition) is 2. The summed E-state index contributed by atoms with van der Waals surface area (Å²) >= 11 is 0. The Morgan fingerprint density at radius 1 is 1.44 bits per heavy atom. The van der Waals surface area contributed by atoms with Crippen LogP contribution in [0.2, 0.25) is 0 Å². The first-order valence-corrected chi connectivity index (χ1v) is 5.32. The normalized spacial score (nSPS) is 10.4. The van der Waals surface area contributed by atoms with E-state index in [1.807, 2.05) is 31.2 Å². The molecule has 1 aromatic carbocycles. The molecular weight excluding hydrogens is 202 g/mol. The molecule has 3 nitrogen and oxygen atoms in total. The second kappa shape index (κ2) is 6.67. The summed E-state index contributed by atoms with van der Waals surface area (Å²) in [4.78, 5) is 11.8. The average molecular weight is 219 g/mol. The Kier molecular flexibility index (Phi) is 5.12. The van der Waals surface area contributed by atoms with Gasteiger partial charge in [-0.25, -0.2) is 0 Å². The highest BCUT2D eigenvalue weighted by atomic mass is 16.5. The predicted octanol–water partition coefficient (Wildman–Crippen LogP) is 2.39. The highest BCUT2D eigenvalue weighted by Crippen LogP contribution is 2.16. The van der Waals surface area contributed by atoms with Crippen LogP contribution in [0.25, 0.3) is 0 Å². The molecule has 1 aromatic rings. The van der Waals surface area contributed by atoms with E-state index in [1.54, 1.807) is 19.2 Å². The molecule has 0 aliphatic heterocycles. The van der Waals surface area contributed by atoms with Gasteiger partial charge in [0.2, 0.25) is 0 Å². The van der Waals surface area contributed by atoms with Gasteiger partial charge in [-0.3, -0.25) is 4.79 Å². The first kappa shape index (κ1) is 12.3. The van der Waals surface area contributed by atoms with Crippen LogP contribution in [-0.2, 0) is 0 Å². The van der Waals surface area contributed by atoms with Gasteiger partial charge in [-0.05, 0) is 25.5 Å². The molecule has 0 saturated heterocycles. The fourth-order valence-corrected chi connectivity index (χ4v) is 1.36. The number of carbonyl (C=O) groups excluding carboxylic acids is 1. The van der Waals surface area contributed by atoms with E-state index in [-0.39, 0.29) is 5.91 Å². The highest BCUT2D eigenvalue weighted by molar-refractivity contribution is 5.96. The molecular formula is C13H17NO2. The Hall–Kier alpha value is -1.77. The van der Waals surface area contributed by atoms with Crippen LogP contribution in [0.4, 0.5) is 0 Å². The van der Waals surface area contributed by atoms with E-state index >= 15 is 0 Å².